The van der Waals surface area contributed by atoms with Gasteiger partial charge in [-0.2, -0.15) is 0 Å². The van der Waals surface area contributed by atoms with Gasteiger partial charge in [0.1, 0.15) is 11.5 Å². The van der Waals surface area contributed by atoms with Crippen molar-refractivity contribution in [3.63, 3.8) is 0 Å². The van der Waals surface area contributed by atoms with Gasteiger partial charge in [-0.15, -0.1) is 0 Å². The maximum atomic E-state index is 12.1. The van der Waals surface area contributed by atoms with Gasteiger partial charge in [0.2, 0.25) is 0 Å². The second-order valence-corrected chi connectivity index (χ2v) is 4.91. The van der Waals surface area contributed by atoms with Gasteiger partial charge in [-0.3, -0.25) is 9.59 Å². The highest BCUT2D eigenvalue weighted by Crippen LogP contribution is 2.17. The van der Waals surface area contributed by atoms with Crippen LogP contribution in [0.25, 0.3) is 0 Å². The van der Waals surface area contributed by atoms with Crippen LogP contribution in [0, 0.1) is 0 Å². The van der Waals surface area contributed by atoms with E-state index in [-0.39, 0.29) is 11.8 Å². The molecule has 0 aliphatic carbocycles. The summed E-state index contributed by atoms with van der Waals surface area (Å²) in [5.41, 5.74) is 0.909. The molecule has 2 rings (SSSR count). The van der Waals surface area contributed by atoms with Crippen molar-refractivity contribution < 1.29 is 19.1 Å². The van der Waals surface area contributed by atoms with Crippen LogP contribution in [0.2, 0.25) is 0 Å². The van der Waals surface area contributed by atoms with E-state index in [1.54, 1.807) is 48.5 Å². The van der Waals surface area contributed by atoms with Gasteiger partial charge in [0.15, 0.2) is 0 Å². The zero-order valence-electron chi connectivity index (χ0n) is 13.7. The molecule has 0 bridgehead atoms. The number of rotatable bonds is 7. The predicted octanol–water partition coefficient (Wildman–Crippen LogP) is 1.86. The Hall–Kier alpha value is -3.02. The van der Waals surface area contributed by atoms with Crippen LogP contribution in [-0.2, 0) is 0 Å². The highest BCUT2D eigenvalue weighted by molar-refractivity contribution is 5.97. The van der Waals surface area contributed by atoms with Gasteiger partial charge in [0.05, 0.1) is 25.3 Å². The Labute approximate surface area is 140 Å². The molecule has 0 aliphatic rings. The Morgan fingerprint density at radius 3 is 1.50 bits per heavy atom. The third-order valence-corrected chi connectivity index (χ3v) is 3.40. The molecule has 0 aliphatic heterocycles. The third kappa shape index (κ3) is 4.25. The number of amides is 2. The van der Waals surface area contributed by atoms with Crippen molar-refractivity contribution in [1.82, 2.24) is 10.6 Å². The Morgan fingerprint density at radius 2 is 1.12 bits per heavy atom. The van der Waals surface area contributed by atoms with E-state index in [2.05, 4.69) is 10.6 Å². The topological polar surface area (TPSA) is 76.7 Å². The summed E-state index contributed by atoms with van der Waals surface area (Å²) in [6.07, 6.45) is 0. The lowest BCUT2D eigenvalue weighted by atomic mass is 10.2. The summed E-state index contributed by atoms with van der Waals surface area (Å²) in [5, 5.41) is 5.49. The number of ether oxygens (including phenoxy) is 2. The normalized spacial score (nSPS) is 9.92. The molecule has 2 aromatic carbocycles. The van der Waals surface area contributed by atoms with Crippen LogP contribution in [0.3, 0.4) is 0 Å². The van der Waals surface area contributed by atoms with E-state index in [9.17, 15) is 9.59 Å². The first-order valence-corrected chi connectivity index (χ1v) is 7.49. The predicted molar refractivity (Wildman–Crippen MR) is 90.7 cm³/mol. The van der Waals surface area contributed by atoms with Gasteiger partial charge in [0, 0.05) is 13.1 Å². The van der Waals surface area contributed by atoms with E-state index >= 15 is 0 Å². The third-order valence-electron chi connectivity index (χ3n) is 3.40. The fourth-order valence-electron chi connectivity index (χ4n) is 2.21. The van der Waals surface area contributed by atoms with E-state index in [0.717, 1.165) is 0 Å². The Kier molecular flexibility index (Phi) is 6.19. The van der Waals surface area contributed by atoms with Gasteiger partial charge in [-0.25, -0.2) is 0 Å². The maximum absolute atomic E-state index is 12.1. The van der Waals surface area contributed by atoms with Gasteiger partial charge in [-0.1, -0.05) is 24.3 Å². The lowest BCUT2D eigenvalue weighted by molar-refractivity contribution is 0.0924. The number of carbonyl (C=O) groups excluding carboxylic acids is 2. The molecule has 0 saturated carbocycles. The molecular weight excluding hydrogens is 308 g/mol. The van der Waals surface area contributed by atoms with E-state index in [1.165, 1.54) is 14.2 Å². The van der Waals surface area contributed by atoms with Crippen molar-refractivity contribution in [2.45, 2.75) is 0 Å². The molecule has 24 heavy (non-hydrogen) atoms. The molecule has 6 heteroatoms. The van der Waals surface area contributed by atoms with Gasteiger partial charge in [0.25, 0.3) is 11.8 Å². The highest BCUT2D eigenvalue weighted by atomic mass is 16.5. The molecule has 2 amide bonds. The molecule has 0 fully saturated rings. The van der Waals surface area contributed by atoms with E-state index in [4.69, 9.17) is 9.47 Å². The zero-order chi connectivity index (χ0) is 17.4. The molecule has 0 aromatic heterocycles. The fraction of sp³-hybridized carbons (Fsp3) is 0.222. The van der Waals surface area contributed by atoms with Crippen LogP contribution in [-0.4, -0.2) is 39.1 Å². The van der Waals surface area contributed by atoms with Crippen molar-refractivity contribution in [3.05, 3.63) is 59.7 Å². The minimum atomic E-state index is -0.251. The molecule has 0 radical (unpaired) electrons. The minimum absolute atomic E-state index is 0.251. The number of benzene rings is 2. The van der Waals surface area contributed by atoms with E-state index in [1.807, 2.05) is 0 Å². The first-order valence-electron chi connectivity index (χ1n) is 7.49. The quantitative estimate of drug-likeness (QED) is 0.761. The lowest BCUT2D eigenvalue weighted by Gasteiger charge is -2.11. The SMILES string of the molecule is COc1ccccc1C(=O)NCCNC(=O)c1ccccc1OC. The second kappa shape index (κ2) is 8.57. The molecule has 0 spiro atoms. The molecule has 0 saturated heterocycles. The number of nitrogens with one attached hydrogen (secondary N) is 2. The van der Waals surface area contributed by atoms with Crippen molar-refractivity contribution in [3.8, 4) is 11.5 Å². The number of hydrogen-bond acceptors (Lipinski definition) is 4. The largest absolute Gasteiger partial charge is 0.496 e. The van der Waals surface area contributed by atoms with Crippen molar-refractivity contribution in [2.24, 2.45) is 0 Å². The van der Waals surface area contributed by atoms with Crippen molar-refractivity contribution in [2.75, 3.05) is 27.3 Å². The van der Waals surface area contributed by atoms with Crippen LogP contribution < -0.4 is 20.1 Å². The Bertz CT molecular complexity index is 654. The number of para-hydroxylation sites is 2. The summed E-state index contributed by atoms with van der Waals surface area (Å²) in [4.78, 5) is 24.2. The van der Waals surface area contributed by atoms with Crippen molar-refractivity contribution in [1.29, 1.82) is 0 Å². The van der Waals surface area contributed by atoms with E-state index in [0.29, 0.717) is 35.7 Å². The number of methoxy groups -OCH3 is 2. The first-order chi connectivity index (χ1) is 11.7. The highest BCUT2D eigenvalue weighted by Gasteiger charge is 2.12. The molecule has 2 N–H and O–H groups in total. The van der Waals surface area contributed by atoms with Gasteiger partial charge >= 0.3 is 0 Å². The maximum Gasteiger partial charge on any atom is 0.255 e. The summed E-state index contributed by atoms with van der Waals surface area (Å²) in [6.45, 7) is 0.607. The van der Waals surface area contributed by atoms with E-state index < -0.39 is 0 Å². The molecule has 0 atom stereocenters. The average molecular weight is 328 g/mol. The molecule has 6 nitrogen and oxygen atoms in total. The van der Waals surface area contributed by atoms with Crippen LogP contribution in [0.5, 0.6) is 11.5 Å². The molecule has 0 heterocycles. The van der Waals surface area contributed by atoms with Gasteiger partial charge < -0.3 is 20.1 Å². The summed E-state index contributed by atoms with van der Waals surface area (Å²) < 4.78 is 10.3. The Balaban J connectivity index is 1.84. The van der Waals surface area contributed by atoms with Crippen molar-refractivity contribution >= 4 is 11.8 Å². The molecule has 126 valence electrons. The van der Waals surface area contributed by atoms with Crippen LogP contribution in [0.1, 0.15) is 20.7 Å². The zero-order valence-corrected chi connectivity index (χ0v) is 13.7. The first kappa shape index (κ1) is 17.3. The molecule has 0 unspecified atom stereocenters. The fourth-order valence-corrected chi connectivity index (χ4v) is 2.21. The number of hydrogen-bond donors (Lipinski definition) is 2. The summed E-state index contributed by atoms with van der Waals surface area (Å²) in [6, 6.07) is 13.9. The minimum Gasteiger partial charge on any atom is -0.496 e. The van der Waals surface area contributed by atoms with Gasteiger partial charge in [-0.05, 0) is 24.3 Å². The number of carbonyl (C=O) groups is 2. The molecular formula is C18H20N2O4. The average Bonchev–Trinajstić information content (AvgIpc) is 2.64. The monoisotopic (exact) mass is 328 g/mol. The Morgan fingerprint density at radius 1 is 0.750 bits per heavy atom. The second-order valence-electron chi connectivity index (χ2n) is 4.91. The van der Waals surface area contributed by atoms with Crippen LogP contribution in [0.4, 0.5) is 0 Å². The summed E-state index contributed by atoms with van der Waals surface area (Å²) in [5.74, 6) is 0.513. The molecule has 2 aromatic rings. The van der Waals surface area contributed by atoms with Crippen LogP contribution in [0.15, 0.2) is 48.5 Å². The lowest BCUT2D eigenvalue weighted by Crippen LogP contribution is -2.34. The smallest absolute Gasteiger partial charge is 0.255 e. The summed E-state index contributed by atoms with van der Waals surface area (Å²) in [7, 11) is 3.03. The standard InChI is InChI=1S/C18H20N2O4/c1-23-15-9-5-3-7-13(15)17(21)19-11-12-20-18(22)14-8-4-6-10-16(14)24-2/h3-10H,11-12H2,1-2H3,(H,19,21)(H,20,22). The van der Waals surface area contributed by atoms with Crippen LogP contribution >= 0.6 is 0 Å². The summed E-state index contributed by atoms with van der Waals surface area (Å²) >= 11 is 0.